The van der Waals surface area contributed by atoms with E-state index in [-0.39, 0.29) is 0 Å². The van der Waals surface area contributed by atoms with Gasteiger partial charge in [-0.05, 0) is 19.0 Å². The lowest BCUT2D eigenvalue weighted by molar-refractivity contribution is 0.270. The predicted molar refractivity (Wildman–Crippen MR) is 84.4 cm³/mol. The van der Waals surface area contributed by atoms with Crippen LogP contribution in [0.5, 0.6) is 0 Å². The van der Waals surface area contributed by atoms with E-state index < -0.39 is 0 Å². The minimum Gasteiger partial charge on any atom is -0.354 e. The first-order valence-corrected chi connectivity index (χ1v) is 7.87. The van der Waals surface area contributed by atoms with Gasteiger partial charge in [0.25, 0.3) is 0 Å². The molecule has 0 amide bonds. The molecule has 20 heavy (non-hydrogen) atoms. The van der Waals surface area contributed by atoms with Gasteiger partial charge in [0.2, 0.25) is 5.95 Å². The highest BCUT2D eigenvalue weighted by Gasteiger charge is 2.16. The minimum absolute atomic E-state index is 0.761. The van der Waals surface area contributed by atoms with E-state index in [1.165, 1.54) is 19.3 Å². The molecule has 1 fully saturated rings. The van der Waals surface area contributed by atoms with Crippen molar-refractivity contribution in [2.45, 2.75) is 33.1 Å². The van der Waals surface area contributed by atoms with Crippen molar-refractivity contribution in [3.63, 3.8) is 0 Å². The van der Waals surface area contributed by atoms with Crippen molar-refractivity contribution in [2.75, 3.05) is 49.5 Å². The van der Waals surface area contributed by atoms with Crippen LogP contribution >= 0.6 is 0 Å². The molecule has 0 saturated carbocycles. The molecule has 1 aromatic heterocycles. The topological polar surface area (TPSA) is 44.3 Å². The lowest BCUT2D eigenvalue weighted by atomic mass is 10.2. The van der Waals surface area contributed by atoms with Gasteiger partial charge in [-0.25, -0.2) is 4.98 Å². The number of piperazine rings is 1. The van der Waals surface area contributed by atoms with Gasteiger partial charge in [0, 0.05) is 38.9 Å². The maximum Gasteiger partial charge on any atom is 0.224 e. The molecule has 0 bridgehead atoms. The van der Waals surface area contributed by atoms with Crippen LogP contribution in [0.4, 0.5) is 11.8 Å². The fourth-order valence-electron chi connectivity index (χ4n) is 2.48. The molecule has 2 rings (SSSR count). The summed E-state index contributed by atoms with van der Waals surface area (Å²) in [5.41, 5.74) is 0. The molecule has 1 saturated heterocycles. The van der Waals surface area contributed by atoms with Crippen LogP contribution in [0.1, 0.15) is 33.1 Å². The third-order valence-electron chi connectivity index (χ3n) is 3.85. The lowest BCUT2D eigenvalue weighted by Crippen LogP contribution is -2.46. The summed E-state index contributed by atoms with van der Waals surface area (Å²) in [6, 6.07) is 2.01. The Morgan fingerprint density at radius 3 is 2.65 bits per heavy atom. The number of hydrogen-bond acceptors (Lipinski definition) is 5. The average molecular weight is 277 g/mol. The number of aromatic nitrogens is 2. The summed E-state index contributed by atoms with van der Waals surface area (Å²) >= 11 is 0. The average Bonchev–Trinajstić information content (AvgIpc) is 2.52. The normalized spacial score (nSPS) is 16.4. The first-order valence-electron chi connectivity index (χ1n) is 7.87. The predicted octanol–water partition coefficient (Wildman–Crippen LogP) is 2.22. The zero-order chi connectivity index (χ0) is 14.2. The zero-order valence-corrected chi connectivity index (χ0v) is 12.8. The standard InChI is InChI=1S/C15H27N5/c1-3-5-6-8-16-15-17-9-7-14(18-15)20-12-10-19(4-2)11-13-20/h7,9H,3-6,8,10-13H2,1-2H3,(H,16,17,18). The summed E-state index contributed by atoms with van der Waals surface area (Å²) in [6.45, 7) is 10.9. The minimum atomic E-state index is 0.761. The quantitative estimate of drug-likeness (QED) is 0.774. The van der Waals surface area contributed by atoms with Gasteiger partial charge >= 0.3 is 0 Å². The van der Waals surface area contributed by atoms with Crippen molar-refractivity contribution in [1.29, 1.82) is 0 Å². The van der Waals surface area contributed by atoms with E-state index in [1.807, 2.05) is 12.3 Å². The molecule has 1 aliphatic rings. The van der Waals surface area contributed by atoms with Crippen LogP contribution in [0.2, 0.25) is 0 Å². The van der Waals surface area contributed by atoms with Crippen molar-refractivity contribution in [3.8, 4) is 0 Å². The number of rotatable bonds is 7. The summed E-state index contributed by atoms with van der Waals surface area (Å²) < 4.78 is 0. The molecule has 0 aliphatic carbocycles. The Balaban J connectivity index is 1.86. The van der Waals surface area contributed by atoms with Crippen LogP contribution < -0.4 is 10.2 Å². The second-order valence-corrected chi connectivity index (χ2v) is 5.29. The highest BCUT2D eigenvalue weighted by molar-refractivity contribution is 5.42. The summed E-state index contributed by atoms with van der Waals surface area (Å²) in [6.07, 6.45) is 5.53. The maximum absolute atomic E-state index is 4.63. The van der Waals surface area contributed by atoms with E-state index in [0.717, 1.165) is 51.0 Å². The molecule has 1 aromatic rings. The van der Waals surface area contributed by atoms with Gasteiger partial charge in [-0.2, -0.15) is 4.98 Å². The number of nitrogens with zero attached hydrogens (tertiary/aromatic N) is 4. The fourth-order valence-corrected chi connectivity index (χ4v) is 2.48. The zero-order valence-electron chi connectivity index (χ0n) is 12.8. The summed E-state index contributed by atoms with van der Waals surface area (Å²) in [5.74, 6) is 1.81. The molecule has 2 heterocycles. The molecule has 0 spiro atoms. The Bertz CT molecular complexity index is 388. The van der Waals surface area contributed by atoms with Crippen LogP contribution in [0, 0.1) is 0 Å². The van der Waals surface area contributed by atoms with Crippen molar-refractivity contribution in [3.05, 3.63) is 12.3 Å². The van der Waals surface area contributed by atoms with Gasteiger partial charge in [-0.1, -0.05) is 26.7 Å². The largest absolute Gasteiger partial charge is 0.354 e. The highest BCUT2D eigenvalue weighted by atomic mass is 15.3. The lowest BCUT2D eigenvalue weighted by Gasteiger charge is -2.34. The number of likely N-dealkylation sites (N-methyl/N-ethyl adjacent to an activating group) is 1. The third kappa shape index (κ3) is 4.34. The first-order chi connectivity index (χ1) is 9.83. The van der Waals surface area contributed by atoms with Gasteiger partial charge in [-0.3, -0.25) is 0 Å². The van der Waals surface area contributed by atoms with E-state index in [4.69, 9.17) is 0 Å². The molecular formula is C15H27N5. The third-order valence-corrected chi connectivity index (χ3v) is 3.85. The summed E-state index contributed by atoms with van der Waals surface area (Å²) in [5, 5.41) is 3.32. The molecule has 0 atom stereocenters. The SMILES string of the molecule is CCCCCNc1nccc(N2CCN(CC)CC2)n1. The van der Waals surface area contributed by atoms with Gasteiger partial charge in [-0.15, -0.1) is 0 Å². The highest BCUT2D eigenvalue weighted by Crippen LogP contribution is 2.14. The molecule has 5 nitrogen and oxygen atoms in total. The summed E-state index contributed by atoms with van der Waals surface area (Å²) in [4.78, 5) is 13.8. The number of anilines is 2. The Morgan fingerprint density at radius 1 is 1.15 bits per heavy atom. The first kappa shape index (κ1) is 15.0. The Morgan fingerprint density at radius 2 is 1.95 bits per heavy atom. The molecule has 0 aromatic carbocycles. The van der Waals surface area contributed by atoms with Gasteiger partial charge < -0.3 is 15.1 Å². The van der Waals surface area contributed by atoms with Crippen LogP contribution in [-0.4, -0.2) is 54.1 Å². The van der Waals surface area contributed by atoms with Crippen LogP contribution in [-0.2, 0) is 0 Å². The number of nitrogens with one attached hydrogen (secondary N) is 1. The molecule has 1 N–H and O–H groups in total. The molecular weight excluding hydrogens is 250 g/mol. The van der Waals surface area contributed by atoms with Crippen molar-refractivity contribution in [1.82, 2.24) is 14.9 Å². The fraction of sp³-hybridized carbons (Fsp3) is 0.733. The number of hydrogen-bond donors (Lipinski definition) is 1. The van der Waals surface area contributed by atoms with E-state index in [9.17, 15) is 0 Å². The van der Waals surface area contributed by atoms with Gasteiger partial charge in [0.15, 0.2) is 0 Å². The molecule has 5 heteroatoms. The molecule has 112 valence electrons. The van der Waals surface area contributed by atoms with Crippen LogP contribution in [0.15, 0.2) is 12.3 Å². The van der Waals surface area contributed by atoms with E-state index in [1.54, 1.807) is 0 Å². The van der Waals surface area contributed by atoms with E-state index in [2.05, 4.69) is 38.9 Å². The Hall–Kier alpha value is -1.36. The second-order valence-electron chi connectivity index (χ2n) is 5.29. The van der Waals surface area contributed by atoms with Crippen molar-refractivity contribution in [2.24, 2.45) is 0 Å². The van der Waals surface area contributed by atoms with Crippen molar-refractivity contribution >= 4 is 11.8 Å². The van der Waals surface area contributed by atoms with Crippen molar-refractivity contribution < 1.29 is 0 Å². The monoisotopic (exact) mass is 277 g/mol. The molecule has 0 unspecified atom stereocenters. The van der Waals surface area contributed by atoms with Gasteiger partial charge in [0.1, 0.15) is 5.82 Å². The Labute approximate surface area is 122 Å². The Kier molecular flexibility index (Phi) is 6.05. The molecule has 1 aliphatic heterocycles. The van der Waals surface area contributed by atoms with Crippen LogP contribution in [0.25, 0.3) is 0 Å². The van der Waals surface area contributed by atoms with E-state index >= 15 is 0 Å². The van der Waals surface area contributed by atoms with Gasteiger partial charge in [0.05, 0.1) is 0 Å². The molecule has 0 radical (unpaired) electrons. The van der Waals surface area contributed by atoms with E-state index in [0.29, 0.717) is 0 Å². The van der Waals surface area contributed by atoms with Crippen LogP contribution in [0.3, 0.4) is 0 Å². The second kappa shape index (κ2) is 8.04. The smallest absolute Gasteiger partial charge is 0.224 e. The number of unbranched alkanes of at least 4 members (excludes halogenated alkanes) is 2. The summed E-state index contributed by atoms with van der Waals surface area (Å²) in [7, 11) is 0. The maximum atomic E-state index is 4.63.